The summed E-state index contributed by atoms with van der Waals surface area (Å²) < 4.78 is 18.6. The zero-order chi connectivity index (χ0) is 11.9. The molecule has 2 heterocycles. The van der Waals surface area contributed by atoms with Crippen LogP contribution in [-0.2, 0) is 17.9 Å². The van der Waals surface area contributed by atoms with Crippen molar-refractivity contribution in [2.24, 2.45) is 4.40 Å². The molecule has 0 saturated carbocycles. The predicted octanol–water partition coefficient (Wildman–Crippen LogP) is 2.30. The molecule has 0 aromatic carbocycles. The molecule has 0 radical (unpaired) electrons. The molecule has 2 rings (SSSR count). The number of hydrogen-bond acceptors (Lipinski definition) is 3. The molecule has 0 saturated heterocycles. The summed E-state index contributed by atoms with van der Waals surface area (Å²) in [7, 11) is 0. The summed E-state index contributed by atoms with van der Waals surface area (Å²) in [5.41, 5.74) is 1.87. The number of fused-ring (bicyclic) bond motifs is 1. The molecular formula is C10H14BrN3OS. The molecule has 0 spiro atoms. The van der Waals surface area contributed by atoms with Gasteiger partial charge in [-0.05, 0) is 36.7 Å². The number of rotatable bonds is 1. The van der Waals surface area contributed by atoms with Crippen LogP contribution in [0.4, 0.5) is 0 Å². The Hall–Kier alpha value is -0.330. The molecule has 16 heavy (non-hydrogen) atoms. The molecule has 1 aliphatic heterocycles. The average molecular weight is 304 g/mol. The van der Waals surface area contributed by atoms with Gasteiger partial charge in [0.15, 0.2) is 0 Å². The second-order valence-electron chi connectivity index (χ2n) is 4.72. The molecule has 1 atom stereocenters. The Labute approximate surface area is 107 Å². The van der Waals surface area contributed by atoms with E-state index in [9.17, 15) is 4.55 Å². The average Bonchev–Trinajstić information content (AvgIpc) is 2.65. The minimum atomic E-state index is -1.19. The molecule has 0 bridgehead atoms. The van der Waals surface area contributed by atoms with Crippen molar-refractivity contribution in [1.29, 1.82) is 0 Å². The van der Waals surface area contributed by atoms with Crippen LogP contribution in [0.1, 0.15) is 32.9 Å². The first kappa shape index (κ1) is 12.1. The van der Waals surface area contributed by atoms with Gasteiger partial charge in [-0.1, -0.05) is 4.40 Å². The minimum absolute atomic E-state index is 0.308. The largest absolute Gasteiger partial charge is 0.591 e. The molecule has 6 heteroatoms. The first-order valence-electron chi connectivity index (χ1n) is 5.11. The maximum atomic E-state index is 11.9. The van der Waals surface area contributed by atoms with Crippen LogP contribution in [-0.4, -0.2) is 24.8 Å². The van der Waals surface area contributed by atoms with Crippen molar-refractivity contribution >= 4 is 33.0 Å². The summed E-state index contributed by atoms with van der Waals surface area (Å²) in [4.78, 5) is 0. The molecule has 1 aromatic heterocycles. The summed E-state index contributed by atoms with van der Waals surface area (Å²) in [6, 6.07) is 1.92. The molecule has 1 aliphatic rings. The summed E-state index contributed by atoms with van der Waals surface area (Å²) in [6.45, 7) is 6.60. The van der Waals surface area contributed by atoms with E-state index in [-0.39, 0.29) is 4.75 Å². The number of hydrogen-bond donors (Lipinski definition) is 0. The summed E-state index contributed by atoms with van der Waals surface area (Å²) in [6.07, 6.45) is 0.817. The highest BCUT2D eigenvalue weighted by atomic mass is 79.9. The monoisotopic (exact) mass is 303 g/mol. The van der Waals surface area contributed by atoms with Gasteiger partial charge >= 0.3 is 0 Å². The van der Waals surface area contributed by atoms with Crippen molar-refractivity contribution < 1.29 is 4.55 Å². The molecule has 1 aromatic rings. The van der Waals surface area contributed by atoms with Crippen LogP contribution in [0, 0.1) is 0 Å². The summed E-state index contributed by atoms with van der Waals surface area (Å²) >= 11 is 2.13. The van der Waals surface area contributed by atoms with Gasteiger partial charge < -0.3 is 4.55 Å². The van der Waals surface area contributed by atoms with Crippen LogP contribution in [0.25, 0.3) is 0 Å². The van der Waals surface area contributed by atoms with Crippen molar-refractivity contribution in [2.75, 3.05) is 0 Å². The third-order valence-electron chi connectivity index (χ3n) is 2.32. The van der Waals surface area contributed by atoms with E-state index in [2.05, 4.69) is 25.4 Å². The van der Waals surface area contributed by atoms with E-state index in [0.717, 1.165) is 29.0 Å². The van der Waals surface area contributed by atoms with Gasteiger partial charge in [0, 0.05) is 19.0 Å². The highest BCUT2D eigenvalue weighted by molar-refractivity contribution is 9.10. The highest BCUT2D eigenvalue weighted by Crippen LogP contribution is 2.23. The maximum absolute atomic E-state index is 11.9. The van der Waals surface area contributed by atoms with Crippen LogP contribution >= 0.6 is 15.9 Å². The van der Waals surface area contributed by atoms with Crippen molar-refractivity contribution in [3.05, 3.63) is 16.4 Å². The molecule has 0 aliphatic carbocycles. The fourth-order valence-electron chi connectivity index (χ4n) is 1.46. The third-order valence-corrected chi connectivity index (χ3v) is 4.14. The van der Waals surface area contributed by atoms with Gasteiger partial charge in [-0.25, -0.2) is 0 Å². The first-order valence-corrected chi connectivity index (χ1v) is 7.01. The molecule has 1 unspecified atom stereocenters. The van der Waals surface area contributed by atoms with E-state index in [1.165, 1.54) is 0 Å². The van der Waals surface area contributed by atoms with Crippen molar-refractivity contribution in [2.45, 2.75) is 38.5 Å². The zero-order valence-electron chi connectivity index (χ0n) is 9.53. The lowest BCUT2D eigenvalue weighted by atomic mass is 10.2. The highest BCUT2D eigenvalue weighted by Gasteiger charge is 2.29. The Kier molecular flexibility index (Phi) is 3.16. The molecular weight excluding hydrogens is 290 g/mol. The second-order valence-corrected chi connectivity index (χ2v) is 7.44. The van der Waals surface area contributed by atoms with Crippen molar-refractivity contribution in [3.63, 3.8) is 0 Å². The molecule has 88 valence electrons. The number of nitrogens with zero attached hydrogens (tertiary/aromatic N) is 3. The fourth-order valence-corrected chi connectivity index (χ4v) is 2.52. The summed E-state index contributed by atoms with van der Waals surface area (Å²) in [5, 5.41) is 4.26. The number of aromatic nitrogens is 2. The van der Waals surface area contributed by atoms with E-state index < -0.39 is 11.4 Å². The van der Waals surface area contributed by atoms with Gasteiger partial charge in [0.1, 0.15) is 26.4 Å². The van der Waals surface area contributed by atoms with Gasteiger partial charge in [0.05, 0.1) is 5.69 Å². The van der Waals surface area contributed by atoms with Crippen molar-refractivity contribution in [1.82, 2.24) is 9.78 Å². The fraction of sp³-hybridized carbons (Fsp3) is 0.600. The Morgan fingerprint density at radius 1 is 1.56 bits per heavy atom. The van der Waals surface area contributed by atoms with Gasteiger partial charge in [-0.15, -0.1) is 0 Å². The second kappa shape index (κ2) is 4.16. The van der Waals surface area contributed by atoms with Crippen molar-refractivity contribution in [3.8, 4) is 0 Å². The lowest BCUT2D eigenvalue weighted by Gasteiger charge is -2.18. The molecule has 0 N–H and O–H groups in total. The van der Waals surface area contributed by atoms with Gasteiger partial charge in [0.2, 0.25) is 0 Å². The Bertz CT molecular complexity index is 436. The molecule has 0 amide bonds. The van der Waals surface area contributed by atoms with E-state index in [1.807, 2.05) is 31.5 Å². The van der Waals surface area contributed by atoms with Gasteiger partial charge in [0.25, 0.3) is 0 Å². The topological polar surface area (TPSA) is 53.2 Å². The van der Waals surface area contributed by atoms with Gasteiger partial charge in [-0.2, -0.15) is 5.10 Å². The first-order chi connectivity index (χ1) is 7.38. The normalized spacial score (nSPS) is 20.2. The number of aryl methyl sites for hydroxylation is 1. The quantitative estimate of drug-likeness (QED) is 0.748. The van der Waals surface area contributed by atoms with E-state index in [0.29, 0.717) is 0 Å². The smallest absolute Gasteiger partial charge is 0.144 e. The van der Waals surface area contributed by atoms with Crippen LogP contribution in [0.3, 0.4) is 0 Å². The van der Waals surface area contributed by atoms with Crippen LogP contribution < -0.4 is 0 Å². The standard InChI is InChI=1S/C10H14BrN3OS/c1-10(2,3)16(15)13-7-4-5-14-8(7)6-9(11)12-14/h6H,4-5H2,1-3H3. The predicted molar refractivity (Wildman–Crippen MR) is 69.0 cm³/mol. The number of halogens is 1. The third kappa shape index (κ3) is 2.33. The van der Waals surface area contributed by atoms with Crippen LogP contribution in [0.5, 0.6) is 0 Å². The Balaban J connectivity index is 2.28. The summed E-state index contributed by atoms with van der Waals surface area (Å²) in [5.74, 6) is 0. The minimum Gasteiger partial charge on any atom is -0.591 e. The van der Waals surface area contributed by atoms with Crippen LogP contribution in [0.2, 0.25) is 0 Å². The maximum Gasteiger partial charge on any atom is 0.144 e. The van der Waals surface area contributed by atoms with E-state index in [4.69, 9.17) is 0 Å². The SMILES string of the molecule is CC(C)(C)[S+]([O-])N=C1CCn2nc(Br)cc21. The van der Waals surface area contributed by atoms with Gasteiger partial charge in [-0.3, -0.25) is 4.68 Å². The van der Waals surface area contributed by atoms with E-state index >= 15 is 0 Å². The molecule has 4 nitrogen and oxygen atoms in total. The van der Waals surface area contributed by atoms with Crippen LogP contribution in [0.15, 0.2) is 15.1 Å². The molecule has 0 fully saturated rings. The Morgan fingerprint density at radius 3 is 2.88 bits per heavy atom. The lowest BCUT2D eigenvalue weighted by Crippen LogP contribution is -2.26. The lowest BCUT2D eigenvalue weighted by molar-refractivity contribution is 0.561. The Morgan fingerprint density at radius 2 is 2.25 bits per heavy atom. The zero-order valence-corrected chi connectivity index (χ0v) is 11.9. The van der Waals surface area contributed by atoms with E-state index in [1.54, 1.807) is 0 Å².